The maximum absolute atomic E-state index is 10.7. The van der Waals surface area contributed by atoms with E-state index in [-0.39, 0.29) is 12.7 Å². The van der Waals surface area contributed by atoms with Gasteiger partial charge in [0.1, 0.15) is 6.10 Å². The van der Waals surface area contributed by atoms with Crippen molar-refractivity contribution < 1.29 is 22.1 Å². The van der Waals surface area contributed by atoms with E-state index in [0.717, 1.165) is 6.26 Å². The lowest BCUT2D eigenvalue weighted by atomic mass is 10.2. The summed E-state index contributed by atoms with van der Waals surface area (Å²) in [5.74, 6) is -0.522. The van der Waals surface area contributed by atoms with Gasteiger partial charge in [0.25, 0.3) is 10.1 Å². The van der Waals surface area contributed by atoms with E-state index in [0.29, 0.717) is 19.7 Å². The summed E-state index contributed by atoms with van der Waals surface area (Å²) in [5, 5.41) is 3.03. The molecule has 0 amide bonds. The van der Waals surface area contributed by atoms with Gasteiger partial charge in [0.05, 0.1) is 32.6 Å². The Labute approximate surface area is 82.6 Å². The molecule has 2 saturated heterocycles. The quantitative estimate of drug-likeness (QED) is 0.598. The number of ether oxygens (including phenoxy) is 2. The molecule has 2 rings (SSSR count). The molecule has 0 aromatic carbocycles. The van der Waals surface area contributed by atoms with Crippen molar-refractivity contribution in [1.82, 2.24) is 5.32 Å². The zero-order valence-corrected chi connectivity index (χ0v) is 8.67. The molecule has 2 fully saturated rings. The van der Waals surface area contributed by atoms with E-state index >= 15 is 0 Å². The molecule has 0 radical (unpaired) electrons. The average molecular weight is 223 g/mol. The van der Waals surface area contributed by atoms with Gasteiger partial charge in [0.2, 0.25) is 0 Å². The van der Waals surface area contributed by atoms with Crippen molar-refractivity contribution in [3.63, 3.8) is 0 Å². The second kappa shape index (κ2) is 3.42. The summed E-state index contributed by atoms with van der Waals surface area (Å²) in [6, 6.07) is 0. The van der Waals surface area contributed by atoms with Gasteiger partial charge in [0, 0.05) is 0 Å². The van der Waals surface area contributed by atoms with Gasteiger partial charge in [0.15, 0.2) is 5.79 Å². The second-order valence-electron chi connectivity index (χ2n) is 3.55. The number of rotatable bonds is 3. The minimum Gasteiger partial charge on any atom is -0.345 e. The fourth-order valence-corrected chi connectivity index (χ4v) is 1.81. The monoisotopic (exact) mass is 223 g/mol. The second-order valence-corrected chi connectivity index (χ2v) is 5.20. The van der Waals surface area contributed by atoms with E-state index in [1.54, 1.807) is 0 Å². The highest BCUT2D eigenvalue weighted by atomic mass is 32.2. The van der Waals surface area contributed by atoms with Crippen molar-refractivity contribution in [3.8, 4) is 0 Å². The summed E-state index contributed by atoms with van der Waals surface area (Å²) in [5.41, 5.74) is 0. The van der Waals surface area contributed by atoms with Gasteiger partial charge in [-0.25, -0.2) is 0 Å². The lowest BCUT2D eigenvalue weighted by Crippen LogP contribution is -2.60. The van der Waals surface area contributed by atoms with Crippen LogP contribution in [0, 0.1) is 0 Å². The molecule has 7 heteroatoms. The van der Waals surface area contributed by atoms with Crippen molar-refractivity contribution >= 4 is 10.1 Å². The molecule has 0 aliphatic carbocycles. The molecule has 1 N–H and O–H groups in total. The predicted octanol–water partition coefficient (Wildman–Crippen LogP) is -1.32. The normalized spacial score (nSPS) is 30.5. The van der Waals surface area contributed by atoms with Crippen LogP contribution in [-0.2, 0) is 23.8 Å². The van der Waals surface area contributed by atoms with E-state index < -0.39 is 15.9 Å². The van der Waals surface area contributed by atoms with Crippen LogP contribution in [0.1, 0.15) is 0 Å². The van der Waals surface area contributed by atoms with Gasteiger partial charge >= 0.3 is 0 Å². The van der Waals surface area contributed by atoms with Crippen molar-refractivity contribution in [2.24, 2.45) is 0 Å². The van der Waals surface area contributed by atoms with Gasteiger partial charge in [-0.05, 0) is 0 Å². The Morgan fingerprint density at radius 3 is 2.71 bits per heavy atom. The summed E-state index contributed by atoms with van der Waals surface area (Å²) in [6.45, 7) is 1.72. The lowest BCUT2D eigenvalue weighted by molar-refractivity contribution is -0.198. The van der Waals surface area contributed by atoms with Crippen LogP contribution in [-0.4, -0.2) is 52.9 Å². The van der Waals surface area contributed by atoms with Gasteiger partial charge in [-0.3, -0.25) is 4.18 Å². The van der Waals surface area contributed by atoms with Gasteiger partial charge < -0.3 is 14.8 Å². The minimum atomic E-state index is -3.39. The van der Waals surface area contributed by atoms with E-state index in [9.17, 15) is 8.42 Å². The maximum Gasteiger partial charge on any atom is 0.264 e. The van der Waals surface area contributed by atoms with Gasteiger partial charge in [-0.1, -0.05) is 0 Å². The fraction of sp³-hybridized carbons (Fsp3) is 1.00. The first-order chi connectivity index (χ1) is 6.49. The Bertz CT molecular complexity index is 310. The van der Waals surface area contributed by atoms with Crippen molar-refractivity contribution in [1.29, 1.82) is 0 Å². The smallest absolute Gasteiger partial charge is 0.264 e. The summed E-state index contributed by atoms with van der Waals surface area (Å²) >= 11 is 0. The molecule has 0 aromatic heterocycles. The van der Waals surface area contributed by atoms with Crippen molar-refractivity contribution in [2.45, 2.75) is 11.9 Å². The highest BCUT2D eigenvalue weighted by Gasteiger charge is 2.46. The first-order valence-electron chi connectivity index (χ1n) is 4.36. The Hall–Kier alpha value is -0.210. The van der Waals surface area contributed by atoms with Crippen LogP contribution < -0.4 is 5.32 Å². The Balaban J connectivity index is 1.79. The minimum absolute atomic E-state index is 0.0284. The molecular formula is C7H13NO5S. The van der Waals surface area contributed by atoms with Gasteiger partial charge in [-0.2, -0.15) is 8.42 Å². The molecule has 1 atom stereocenters. The molecular weight excluding hydrogens is 210 g/mol. The van der Waals surface area contributed by atoms with Crippen LogP contribution in [0.3, 0.4) is 0 Å². The number of hydrogen-bond donors (Lipinski definition) is 1. The first-order valence-corrected chi connectivity index (χ1v) is 6.18. The molecule has 2 aliphatic heterocycles. The first kappa shape index (κ1) is 10.3. The van der Waals surface area contributed by atoms with Crippen LogP contribution in [0.4, 0.5) is 0 Å². The van der Waals surface area contributed by atoms with Crippen LogP contribution >= 0.6 is 0 Å². The summed E-state index contributed by atoms with van der Waals surface area (Å²) in [6.07, 6.45) is 0.732. The predicted molar refractivity (Wildman–Crippen MR) is 47.2 cm³/mol. The molecule has 0 aromatic rings. The summed E-state index contributed by atoms with van der Waals surface area (Å²) < 4.78 is 36.9. The van der Waals surface area contributed by atoms with Crippen LogP contribution in [0.25, 0.3) is 0 Å². The zero-order valence-electron chi connectivity index (χ0n) is 7.86. The standard InChI is InChI=1S/C7H13NO5S/c1-14(9,10)12-3-6-2-11-7(13-6)4-8-5-7/h6,8H,2-5H2,1H3. The van der Waals surface area contributed by atoms with Crippen molar-refractivity contribution in [2.75, 3.05) is 32.6 Å². The van der Waals surface area contributed by atoms with E-state index in [1.165, 1.54) is 0 Å². The molecule has 2 aliphatic rings. The highest BCUT2D eigenvalue weighted by molar-refractivity contribution is 7.85. The Morgan fingerprint density at radius 1 is 1.57 bits per heavy atom. The molecule has 1 unspecified atom stereocenters. The van der Waals surface area contributed by atoms with E-state index in [1.807, 2.05) is 0 Å². The lowest BCUT2D eigenvalue weighted by Gasteiger charge is -2.36. The Kier molecular flexibility index (Phi) is 2.52. The fourth-order valence-electron chi connectivity index (χ4n) is 1.41. The zero-order chi connectivity index (χ0) is 10.2. The summed E-state index contributed by atoms with van der Waals surface area (Å²) in [4.78, 5) is 0. The number of nitrogens with one attached hydrogen (secondary N) is 1. The highest BCUT2D eigenvalue weighted by Crippen LogP contribution is 2.27. The molecule has 14 heavy (non-hydrogen) atoms. The van der Waals surface area contributed by atoms with Crippen LogP contribution in [0.2, 0.25) is 0 Å². The van der Waals surface area contributed by atoms with E-state index in [2.05, 4.69) is 9.50 Å². The number of hydrogen-bond acceptors (Lipinski definition) is 6. The SMILES string of the molecule is CS(=O)(=O)OCC1COC2(CNC2)O1. The molecule has 2 heterocycles. The third-order valence-electron chi connectivity index (χ3n) is 2.17. The topological polar surface area (TPSA) is 73.9 Å². The van der Waals surface area contributed by atoms with Crippen LogP contribution in [0.15, 0.2) is 0 Å². The maximum atomic E-state index is 10.7. The molecule has 1 spiro atoms. The Morgan fingerprint density at radius 2 is 2.29 bits per heavy atom. The molecule has 0 saturated carbocycles. The average Bonchev–Trinajstić information content (AvgIpc) is 2.42. The molecule has 0 bridgehead atoms. The molecule has 82 valence electrons. The molecule has 6 nitrogen and oxygen atoms in total. The third-order valence-corrected chi connectivity index (χ3v) is 2.73. The largest absolute Gasteiger partial charge is 0.345 e. The van der Waals surface area contributed by atoms with Crippen LogP contribution in [0.5, 0.6) is 0 Å². The van der Waals surface area contributed by atoms with Crippen molar-refractivity contribution in [3.05, 3.63) is 0 Å². The van der Waals surface area contributed by atoms with E-state index in [4.69, 9.17) is 9.47 Å². The van der Waals surface area contributed by atoms with Gasteiger partial charge in [-0.15, -0.1) is 0 Å². The summed E-state index contributed by atoms with van der Waals surface area (Å²) in [7, 11) is -3.39. The third kappa shape index (κ3) is 2.23.